The highest BCUT2D eigenvalue weighted by Gasteiger charge is 2.69. The van der Waals surface area contributed by atoms with Gasteiger partial charge >= 0.3 is 11.9 Å². The smallest absolute Gasteiger partial charge is 0.308 e. The van der Waals surface area contributed by atoms with Gasteiger partial charge in [-0.05, 0) is 32.1 Å². The number of carbonyl (C=O) groups excluding carboxylic acids is 2. The van der Waals surface area contributed by atoms with Gasteiger partial charge in [0.15, 0.2) is 5.60 Å². The minimum atomic E-state index is -1.05. The van der Waals surface area contributed by atoms with Crippen LogP contribution in [0.3, 0.4) is 0 Å². The van der Waals surface area contributed by atoms with Crippen LogP contribution in [0.1, 0.15) is 58.8 Å². The fraction of sp³-hybridized carbons (Fsp3) is 0.889. The molecule has 0 aromatic heterocycles. The number of hydrogen-bond donors (Lipinski definition) is 0. The van der Waals surface area contributed by atoms with Crippen LogP contribution in [0.15, 0.2) is 0 Å². The van der Waals surface area contributed by atoms with Crippen LogP contribution < -0.4 is 0 Å². The number of rotatable bonds is 4. The van der Waals surface area contributed by atoms with E-state index in [1.54, 1.807) is 6.92 Å². The summed E-state index contributed by atoms with van der Waals surface area (Å²) >= 11 is 0. The van der Waals surface area contributed by atoms with Crippen LogP contribution >= 0.6 is 0 Å². The first kappa shape index (κ1) is 17.2. The SMILES string of the molecule is CCOC(=O)CC[C@@]12CC[C@H]3[C@H](C)CC[C@H]4CC(=O)O[C@H](O1)[C@]43OO2. The van der Waals surface area contributed by atoms with Crippen molar-refractivity contribution in [1.29, 1.82) is 0 Å². The molecule has 4 heterocycles. The molecule has 0 aromatic carbocycles. The zero-order valence-corrected chi connectivity index (χ0v) is 14.8. The van der Waals surface area contributed by atoms with E-state index in [0.717, 1.165) is 19.3 Å². The van der Waals surface area contributed by atoms with E-state index in [-0.39, 0.29) is 30.2 Å². The van der Waals surface area contributed by atoms with Crippen LogP contribution in [0, 0.1) is 17.8 Å². The maximum Gasteiger partial charge on any atom is 0.308 e. The Morgan fingerprint density at radius 2 is 2.12 bits per heavy atom. The maximum absolute atomic E-state index is 12.1. The van der Waals surface area contributed by atoms with Gasteiger partial charge in [-0.15, -0.1) is 0 Å². The van der Waals surface area contributed by atoms with E-state index in [1.807, 2.05) is 0 Å². The van der Waals surface area contributed by atoms with Crippen LogP contribution in [0.25, 0.3) is 0 Å². The Labute approximate surface area is 147 Å². The molecule has 1 spiro atoms. The predicted octanol–water partition coefficient (Wildman–Crippen LogP) is 2.47. The normalized spacial score (nSPS) is 45.3. The molecule has 6 atom stereocenters. The summed E-state index contributed by atoms with van der Waals surface area (Å²) in [5, 5.41) is 0. The lowest BCUT2D eigenvalue weighted by Crippen LogP contribution is -2.68. The van der Waals surface area contributed by atoms with Crippen molar-refractivity contribution in [2.24, 2.45) is 17.8 Å². The van der Waals surface area contributed by atoms with Gasteiger partial charge in [0.2, 0.25) is 12.1 Å². The van der Waals surface area contributed by atoms with Gasteiger partial charge in [0.25, 0.3) is 0 Å². The number of fused-ring (bicyclic) bond motifs is 2. The van der Waals surface area contributed by atoms with E-state index < -0.39 is 17.7 Å². The average molecular weight is 354 g/mol. The van der Waals surface area contributed by atoms with Gasteiger partial charge in [-0.1, -0.05) is 6.92 Å². The second kappa shape index (κ2) is 6.21. The number of hydrogen-bond acceptors (Lipinski definition) is 7. The van der Waals surface area contributed by atoms with E-state index in [1.165, 1.54) is 0 Å². The molecular formula is C18H26O7. The topological polar surface area (TPSA) is 80.3 Å². The molecule has 0 unspecified atom stereocenters. The van der Waals surface area contributed by atoms with E-state index in [4.69, 9.17) is 24.0 Å². The molecule has 7 heteroatoms. The van der Waals surface area contributed by atoms with Crippen molar-refractivity contribution in [2.75, 3.05) is 6.61 Å². The number of ether oxygens (including phenoxy) is 3. The number of esters is 2. The zero-order chi connectivity index (χ0) is 17.7. The molecule has 0 N–H and O–H groups in total. The Bertz CT molecular complexity index is 560. The third-order valence-corrected chi connectivity index (χ3v) is 6.41. The van der Waals surface area contributed by atoms with Gasteiger partial charge < -0.3 is 14.2 Å². The fourth-order valence-electron chi connectivity index (χ4n) is 5.11. The third-order valence-electron chi connectivity index (χ3n) is 6.41. The zero-order valence-electron chi connectivity index (χ0n) is 14.8. The van der Waals surface area contributed by atoms with Crippen molar-refractivity contribution in [3.63, 3.8) is 0 Å². The van der Waals surface area contributed by atoms with Gasteiger partial charge in [0, 0.05) is 24.7 Å². The summed E-state index contributed by atoms with van der Waals surface area (Å²) in [6.07, 6.45) is 3.55. The highest BCUT2D eigenvalue weighted by atomic mass is 17.3. The monoisotopic (exact) mass is 354 g/mol. The van der Waals surface area contributed by atoms with Gasteiger partial charge in [-0.3, -0.25) is 9.59 Å². The molecule has 4 saturated heterocycles. The third kappa shape index (κ3) is 2.67. The number of carbonyl (C=O) groups is 2. The van der Waals surface area contributed by atoms with E-state index in [9.17, 15) is 9.59 Å². The van der Waals surface area contributed by atoms with E-state index >= 15 is 0 Å². The van der Waals surface area contributed by atoms with E-state index in [2.05, 4.69) is 6.92 Å². The summed E-state index contributed by atoms with van der Waals surface area (Å²) in [5.41, 5.74) is -0.713. The largest absolute Gasteiger partial charge is 0.466 e. The van der Waals surface area contributed by atoms with Crippen LogP contribution in [-0.2, 0) is 33.6 Å². The summed E-state index contributed by atoms with van der Waals surface area (Å²) in [5.74, 6) is -0.871. The summed E-state index contributed by atoms with van der Waals surface area (Å²) in [4.78, 5) is 35.6. The Morgan fingerprint density at radius 1 is 1.28 bits per heavy atom. The molecule has 0 radical (unpaired) electrons. The van der Waals surface area contributed by atoms with Gasteiger partial charge in [0.05, 0.1) is 19.4 Å². The Hall–Kier alpha value is -1.18. The molecule has 25 heavy (non-hydrogen) atoms. The molecule has 1 aliphatic carbocycles. The van der Waals surface area contributed by atoms with Gasteiger partial charge in [-0.2, -0.15) is 0 Å². The fourth-order valence-corrected chi connectivity index (χ4v) is 5.11. The second-order valence-corrected chi connectivity index (χ2v) is 7.78. The summed E-state index contributed by atoms with van der Waals surface area (Å²) in [6, 6.07) is 0. The molecule has 4 aliphatic heterocycles. The van der Waals surface area contributed by atoms with Crippen LogP contribution in [0.4, 0.5) is 0 Å². The van der Waals surface area contributed by atoms with Gasteiger partial charge in [-0.25, -0.2) is 9.78 Å². The lowest BCUT2D eigenvalue weighted by molar-refractivity contribution is -0.561. The Balaban J connectivity index is 1.60. The molecular weight excluding hydrogens is 328 g/mol. The second-order valence-electron chi connectivity index (χ2n) is 7.78. The highest BCUT2D eigenvalue weighted by molar-refractivity contribution is 5.71. The molecule has 1 saturated carbocycles. The van der Waals surface area contributed by atoms with Crippen molar-refractivity contribution in [3.05, 3.63) is 0 Å². The molecule has 5 fully saturated rings. The van der Waals surface area contributed by atoms with Crippen LogP contribution in [0.5, 0.6) is 0 Å². The lowest BCUT2D eigenvalue weighted by atomic mass is 9.60. The van der Waals surface area contributed by atoms with Crippen LogP contribution in [-0.4, -0.2) is 36.2 Å². The quantitative estimate of drug-likeness (QED) is 0.567. The minimum Gasteiger partial charge on any atom is -0.466 e. The first-order valence-corrected chi connectivity index (χ1v) is 9.39. The first-order valence-electron chi connectivity index (χ1n) is 9.39. The Kier molecular flexibility index (Phi) is 4.29. The molecule has 5 aliphatic rings. The lowest BCUT2D eigenvalue weighted by Gasteiger charge is -2.56. The maximum atomic E-state index is 12.1. The highest BCUT2D eigenvalue weighted by Crippen LogP contribution is 2.59. The molecule has 0 amide bonds. The van der Waals surface area contributed by atoms with Crippen LogP contribution in [0.2, 0.25) is 0 Å². The first-order chi connectivity index (χ1) is 12.0. The predicted molar refractivity (Wildman–Crippen MR) is 83.7 cm³/mol. The van der Waals surface area contributed by atoms with Crippen molar-refractivity contribution < 1.29 is 33.6 Å². The van der Waals surface area contributed by atoms with Gasteiger partial charge in [0.1, 0.15) is 0 Å². The molecule has 140 valence electrons. The molecule has 5 rings (SSSR count). The molecule has 0 aromatic rings. The minimum absolute atomic E-state index is 0.0566. The van der Waals surface area contributed by atoms with Crippen molar-refractivity contribution in [2.45, 2.75) is 76.5 Å². The van der Waals surface area contributed by atoms with Crippen molar-refractivity contribution in [1.82, 2.24) is 0 Å². The Morgan fingerprint density at radius 3 is 2.92 bits per heavy atom. The summed E-state index contributed by atoms with van der Waals surface area (Å²) in [6.45, 7) is 4.33. The summed E-state index contributed by atoms with van der Waals surface area (Å²) in [7, 11) is 0. The molecule has 2 bridgehead atoms. The van der Waals surface area contributed by atoms with E-state index in [0.29, 0.717) is 31.8 Å². The van der Waals surface area contributed by atoms with Crippen molar-refractivity contribution >= 4 is 11.9 Å². The molecule has 7 nitrogen and oxygen atoms in total. The van der Waals surface area contributed by atoms with Crippen molar-refractivity contribution in [3.8, 4) is 0 Å². The standard InChI is InChI=1S/C18H26O7/c1-3-21-14(19)7-9-17-8-6-13-11(2)4-5-12-10-15(20)22-16(23-17)18(12,13)25-24-17/h11-13,16H,3-10H2,1-2H3/t11-,12+,13+,16-,17+,18+/m1/s1. The summed E-state index contributed by atoms with van der Waals surface area (Å²) < 4.78 is 16.8. The average Bonchev–Trinajstić information content (AvgIpc) is 2.83.